The number of halogens is 1. The summed E-state index contributed by atoms with van der Waals surface area (Å²) in [6.07, 6.45) is 3.09. The number of benzene rings is 2. The number of carbonyl (C=O) groups excluding carboxylic acids is 1. The first kappa shape index (κ1) is 21.5. The number of ketones is 1. The van der Waals surface area contributed by atoms with Crippen LogP contribution in [0.2, 0.25) is 0 Å². The smallest absolute Gasteiger partial charge is 0.213 e. The van der Waals surface area contributed by atoms with Crippen LogP contribution in [0.5, 0.6) is 17.2 Å². The molecular formula is C23H20FN3O4S. The Balaban J connectivity index is 1.76. The van der Waals surface area contributed by atoms with Gasteiger partial charge in [-0.3, -0.25) is 4.79 Å². The number of aryl methyl sites for hydroxylation is 1. The number of carbonyl (C=O) groups is 1. The Hall–Kier alpha value is -3.72. The molecule has 0 spiro atoms. The zero-order chi connectivity index (χ0) is 22.8. The molecule has 0 amide bonds. The molecule has 0 atom stereocenters. The number of ether oxygens (including phenoxy) is 3. The summed E-state index contributed by atoms with van der Waals surface area (Å²) in [4.78, 5) is 18.4. The van der Waals surface area contributed by atoms with Gasteiger partial charge in [-0.05, 0) is 55.0 Å². The third-order valence-electron chi connectivity index (χ3n) is 4.77. The molecule has 0 saturated heterocycles. The van der Waals surface area contributed by atoms with Crippen molar-refractivity contribution in [1.29, 1.82) is 0 Å². The second-order valence-electron chi connectivity index (χ2n) is 6.79. The minimum Gasteiger partial charge on any atom is -0.493 e. The van der Waals surface area contributed by atoms with E-state index in [9.17, 15) is 9.18 Å². The van der Waals surface area contributed by atoms with Gasteiger partial charge >= 0.3 is 0 Å². The predicted molar refractivity (Wildman–Crippen MR) is 120 cm³/mol. The molecule has 0 fully saturated rings. The van der Waals surface area contributed by atoms with Gasteiger partial charge in [-0.2, -0.15) is 9.61 Å². The highest BCUT2D eigenvalue weighted by Crippen LogP contribution is 2.38. The number of nitrogens with zero attached hydrogens (tertiary/aromatic N) is 3. The summed E-state index contributed by atoms with van der Waals surface area (Å²) in [5.74, 6) is 0.767. The Morgan fingerprint density at radius 1 is 1.06 bits per heavy atom. The minimum atomic E-state index is -0.362. The first-order valence-corrected chi connectivity index (χ1v) is 10.4. The molecule has 164 valence electrons. The maximum absolute atomic E-state index is 13.4. The van der Waals surface area contributed by atoms with Crippen molar-refractivity contribution in [2.75, 3.05) is 21.3 Å². The standard InChI is InChI=1S/C23H20FN3O4S/c1-13-26-27-21(20(25-23(27)32-13)15-6-8-16(24)9-7-15)17(28)10-5-14-11-18(29-2)22(31-4)19(12-14)30-3/h5-12H,1-4H3/b10-5+. The van der Waals surface area contributed by atoms with Gasteiger partial charge < -0.3 is 14.2 Å². The Morgan fingerprint density at radius 2 is 1.72 bits per heavy atom. The summed E-state index contributed by atoms with van der Waals surface area (Å²) in [5, 5.41) is 5.20. The first-order valence-electron chi connectivity index (χ1n) is 9.59. The number of fused-ring (bicyclic) bond motifs is 1. The number of imidazole rings is 1. The van der Waals surface area contributed by atoms with Crippen LogP contribution in [0.1, 0.15) is 21.1 Å². The summed E-state index contributed by atoms with van der Waals surface area (Å²) in [6, 6.07) is 9.33. The largest absolute Gasteiger partial charge is 0.493 e. The third-order valence-corrected chi connectivity index (χ3v) is 5.59. The fourth-order valence-electron chi connectivity index (χ4n) is 3.32. The molecule has 0 radical (unpaired) electrons. The molecule has 0 unspecified atom stereocenters. The SMILES string of the molecule is COc1cc(/C=C/C(=O)c2c(-c3ccc(F)cc3)nc3sc(C)nn23)cc(OC)c1OC. The van der Waals surface area contributed by atoms with Gasteiger partial charge in [-0.15, -0.1) is 0 Å². The molecule has 7 nitrogen and oxygen atoms in total. The van der Waals surface area contributed by atoms with Crippen molar-refractivity contribution in [3.05, 3.63) is 64.6 Å². The molecule has 0 aliphatic heterocycles. The zero-order valence-electron chi connectivity index (χ0n) is 17.9. The highest BCUT2D eigenvalue weighted by Gasteiger charge is 2.22. The first-order chi connectivity index (χ1) is 15.4. The molecule has 2 aromatic heterocycles. The third kappa shape index (κ3) is 3.94. The van der Waals surface area contributed by atoms with Gasteiger partial charge in [0.25, 0.3) is 0 Å². The van der Waals surface area contributed by atoms with E-state index < -0.39 is 0 Å². The van der Waals surface area contributed by atoms with Crippen molar-refractivity contribution in [3.8, 4) is 28.5 Å². The Labute approximate surface area is 187 Å². The van der Waals surface area contributed by atoms with Crippen molar-refractivity contribution >= 4 is 28.2 Å². The zero-order valence-corrected chi connectivity index (χ0v) is 18.7. The van der Waals surface area contributed by atoms with Gasteiger partial charge in [0.15, 0.2) is 11.5 Å². The van der Waals surface area contributed by atoms with Crippen LogP contribution < -0.4 is 14.2 Å². The van der Waals surface area contributed by atoms with Crippen molar-refractivity contribution < 1.29 is 23.4 Å². The van der Waals surface area contributed by atoms with E-state index in [0.717, 1.165) is 5.01 Å². The predicted octanol–water partition coefficient (Wildman–Crippen LogP) is 4.83. The quantitative estimate of drug-likeness (QED) is 0.295. The topological polar surface area (TPSA) is 75.0 Å². The normalized spacial score (nSPS) is 11.3. The summed E-state index contributed by atoms with van der Waals surface area (Å²) < 4.78 is 31.0. The number of hydrogen-bond donors (Lipinski definition) is 0. The minimum absolute atomic E-state index is 0.295. The Kier molecular flexibility index (Phi) is 5.91. The van der Waals surface area contributed by atoms with E-state index in [1.807, 2.05) is 6.92 Å². The lowest BCUT2D eigenvalue weighted by Gasteiger charge is -2.12. The molecule has 2 heterocycles. The average molecular weight is 453 g/mol. The Morgan fingerprint density at radius 3 is 2.31 bits per heavy atom. The van der Waals surface area contributed by atoms with Gasteiger partial charge in [0.1, 0.15) is 22.2 Å². The van der Waals surface area contributed by atoms with E-state index in [1.165, 1.54) is 55.4 Å². The summed E-state index contributed by atoms with van der Waals surface area (Å²) in [7, 11) is 4.58. The van der Waals surface area contributed by atoms with Gasteiger partial charge in [0.2, 0.25) is 16.5 Å². The highest BCUT2D eigenvalue weighted by atomic mass is 32.1. The molecule has 2 aromatic carbocycles. The van der Waals surface area contributed by atoms with Crippen LogP contribution >= 0.6 is 11.3 Å². The van der Waals surface area contributed by atoms with E-state index >= 15 is 0 Å². The lowest BCUT2D eigenvalue weighted by Crippen LogP contribution is -2.03. The second-order valence-corrected chi connectivity index (χ2v) is 7.95. The lowest BCUT2D eigenvalue weighted by atomic mass is 10.1. The molecule has 0 aliphatic carbocycles. The van der Waals surface area contributed by atoms with E-state index in [0.29, 0.717) is 44.7 Å². The fraction of sp³-hybridized carbons (Fsp3) is 0.174. The lowest BCUT2D eigenvalue weighted by molar-refractivity contribution is 0.104. The number of aromatic nitrogens is 3. The van der Waals surface area contributed by atoms with Gasteiger partial charge in [-0.25, -0.2) is 9.37 Å². The van der Waals surface area contributed by atoms with Crippen LogP contribution in [-0.2, 0) is 0 Å². The molecule has 32 heavy (non-hydrogen) atoms. The summed E-state index contributed by atoms with van der Waals surface area (Å²) >= 11 is 1.37. The summed E-state index contributed by atoms with van der Waals surface area (Å²) in [5.41, 5.74) is 2.07. The summed E-state index contributed by atoms with van der Waals surface area (Å²) in [6.45, 7) is 1.84. The fourth-order valence-corrected chi connectivity index (χ4v) is 4.06. The van der Waals surface area contributed by atoms with Crippen LogP contribution in [0.15, 0.2) is 42.5 Å². The van der Waals surface area contributed by atoms with Crippen LogP contribution in [0.25, 0.3) is 22.3 Å². The molecule has 0 aliphatic rings. The molecular weight excluding hydrogens is 433 g/mol. The highest BCUT2D eigenvalue weighted by molar-refractivity contribution is 7.16. The maximum Gasteiger partial charge on any atom is 0.213 e. The van der Waals surface area contributed by atoms with Gasteiger partial charge in [0.05, 0.1) is 21.3 Å². The van der Waals surface area contributed by atoms with Crippen LogP contribution in [0.4, 0.5) is 4.39 Å². The average Bonchev–Trinajstić information content (AvgIpc) is 3.32. The van der Waals surface area contributed by atoms with E-state index in [1.54, 1.807) is 30.3 Å². The van der Waals surface area contributed by atoms with E-state index in [4.69, 9.17) is 14.2 Å². The maximum atomic E-state index is 13.4. The van der Waals surface area contributed by atoms with E-state index in [2.05, 4.69) is 10.1 Å². The van der Waals surface area contributed by atoms with Crippen LogP contribution in [0.3, 0.4) is 0 Å². The second kappa shape index (κ2) is 8.80. The molecule has 0 bridgehead atoms. The van der Waals surface area contributed by atoms with Crippen LogP contribution in [-0.4, -0.2) is 41.7 Å². The van der Waals surface area contributed by atoms with Crippen LogP contribution in [0, 0.1) is 12.7 Å². The van der Waals surface area contributed by atoms with Gasteiger partial charge in [-0.1, -0.05) is 17.4 Å². The Bertz CT molecular complexity index is 1300. The molecule has 9 heteroatoms. The number of hydrogen-bond acceptors (Lipinski definition) is 7. The van der Waals surface area contributed by atoms with E-state index in [-0.39, 0.29) is 11.6 Å². The molecule has 4 aromatic rings. The molecule has 0 N–H and O–H groups in total. The van der Waals surface area contributed by atoms with Crippen molar-refractivity contribution in [1.82, 2.24) is 14.6 Å². The van der Waals surface area contributed by atoms with Crippen molar-refractivity contribution in [2.45, 2.75) is 6.92 Å². The van der Waals surface area contributed by atoms with Crippen molar-refractivity contribution in [3.63, 3.8) is 0 Å². The number of rotatable bonds is 7. The number of methoxy groups -OCH3 is 3. The van der Waals surface area contributed by atoms with Crippen molar-refractivity contribution in [2.24, 2.45) is 0 Å². The molecule has 4 rings (SSSR count). The van der Waals surface area contributed by atoms with Gasteiger partial charge in [0, 0.05) is 5.56 Å². The monoisotopic (exact) mass is 453 g/mol. The molecule has 0 saturated carbocycles. The number of allylic oxidation sites excluding steroid dienone is 1.